The van der Waals surface area contributed by atoms with Crippen molar-refractivity contribution in [2.24, 2.45) is 11.8 Å². The van der Waals surface area contributed by atoms with E-state index in [-0.39, 0.29) is 25.7 Å². The van der Waals surface area contributed by atoms with Gasteiger partial charge in [-0.15, -0.1) is 0 Å². The van der Waals surface area contributed by atoms with Crippen LogP contribution in [0.25, 0.3) is 0 Å². The number of ether oxygens (including phenoxy) is 4. The maximum atomic E-state index is 13.1. The molecule has 0 aliphatic heterocycles. The quantitative estimate of drug-likeness (QED) is 0.0222. The minimum absolute atomic E-state index is 0.108. The van der Waals surface area contributed by atoms with E-state index in [4.69, 9.17) is 37.0 Å². The summed E-state index contributed by atoms with van der Waals surface area (Å²) in [5, 5.41) is 10.7. The molecule has 0 fully saturated rings. The molecule has 0 aromatic heterocycles. The normalized spacial score (nSPS) is 14.1. The van der Waals surface area contributed by atoms with Crippen molar-refractivity contribution >= 4 is 39.5 Å². The molecule has 3 unspecified atom stereocenters. The van der Waals surface area contributed by atoms with Gasteiger partial charge in [0.15, 0.2) is 12.2 Å². The van der Waals surface area contributed by atoms with Gasteiger partial charge in [-0.1, -0.05) is 408 Å². The van der Waals surface area contributed by atoms with Crippen molar-refractivity contribution in [2.45, 2.75) is 477 Å². The highest BCUT2D eigenvalue weighted by molar-refractivity contribution is 7.47. The lowest BCUT2D eigenvalue weighted by Gasteiger charge is -2.21. The first-order valence-corrected chi connectivity index (χ1v) is 47.5. The predicted molar refractivity (Wildman–Crippen MR) is 432 cm³/mol. The summed E-state index contributed by atoms with van der Waals surface area (Å²) in [6.07, 6.45) is 69.6. The minimum Gasteiger partial charge on any atom is -0.462 e. The van der Waals surface area contributed by atoms with Crippen LogP contribution in [-0.2, 0) is 65.4 Å². The van der Waals surface area contributed by atoms with E-state index < -0.39 is 97.5 Å². The molecule has 0 aliphatic rings. The third-order valence-electron chi connectivity index (χ3n) is 20.6. The van der Waals surface area contributed by atoms with Crippen LogP contribution in [-0.4, -0.2) is 96.7 Å². The number of hydrogen-bond acceptors (Lipinski definition) is 15. The fourth-order valence-corrected chi connectivity index (χ4v) is 15.0. The average molecular weight is 1540 g/mol. The maximum absolute atomic E-state index is 13.1. The molecule has 0 rings (SSSR count). The zero-order chi connectivity index (χ0) is 77.1. The monoisotopic (exact) mass is 1540 g/mol. The molecule has 0 spiro atoms. The van der Waals surface area contributed by atoms with Gasteiger partial charge in [-0.3, -0.25) is 37.3 Å². The molecular formula is C86H168O17P2. The second-order valence-electron chi connectivity index (χ2n) is 31.6. The Hall–Kier alpha value is -1.94. The van der Waals surface area contributed by atoms with Crippen molar-refractivity contribution in [3.63, 3.8) is 0 Å². The summed E-state index contributed by atoms with van der Waals surface area (Å²) in [6.45, 7) is 9.65. The highest BCUT2D eigenvalue weighted by atomic mass is 31.2. The number of esters is 4. The fraction of sp³-hybridized carbons (Fsp3) is 0.953. The smallest absolute Gasteiger partial charge is 0.462 e. The number of carbonyl (C=O) groups excluding carboxylic acids is 4. The first kappa shape index (κ1) is 103. The molecule has 0 heterocycles. The van der Waals surface area contributed by atoms with Crippen LogP contribution in [0.15, 0.2) is 0 Å². The summed E-state index contributed by atoms with van der Waals surface area (Å²) in [5.74, 6) is -0.575. The lowest BCUT2D eigenvalue weighted by atomic mass is 9.99. The highest BCUT2D eigenvalue weighted by Crippen LogP contribution is 2.45. The molecule has 0 saturated carbocycles. The zero-order valence-electron chi connectivity index (χ0n) is 69.0. The molecule has 105 heavy (non-hydrogen) atoms. The molecule has 19 heteroatoms. The van der Waals surface area contributed by atoms with E-state index in [9.17, 15) is 43.2 Å². The van der Waals surface area contributed by atoms with Gasteiger partial charge in [-0.25, -0.2) is 9.13 Å². The van der Waals surface area contributed by atoms with Crippen LogP contribution in [0, 0.1) is 11.8 Å². The summed E-state index contributed by atoms with van der Waals surface area (Å²) in [6, 6.07) is 0. The van der Waals surface area contributed by atoms with Gasteiger partial charge in [0.2, 0.25) is 0 Å². The Morgan fingerprint density at radius 2 is 0.486 bits per heavy atom. The fourth-order valence-electron chi connectivity index (χ4n) is 13.4. The van der Waals surface area contributed by atoms with Crippen LogP contribution in [0.4, 0.5) is 0 Å². The molecular weight excluding hydrogens is 1370 g/mol. The lowest BCUT2D eigenvalue weighted by molar-refractivity contribution is -0.161. The standard InChI is InChI=1S/C86H168O17P2/c1-7-10-12-14-16-18-20-22-24-26-28-29-31-33-39-43-47-51-59-64-70-85(90)102-81(74-96-83(88)68-62-56-49-45-41-37-35-34-36-40-44-48-55-61-67-79(6)9-3)76-100-104(92,93)98-72-80(87)73-99-105(94,95)101-77-82(75-97-84(89)69-63-57-53-52-54-60-66-78(4)5)103-86(91)71-65-58-50-46-42-38-32-30-27-25-23-21-19-17-15-13-11-8-2/h78-82,87H,7-77H2,1-6H3,(H,92,93)(H,94,95)/t79?,80-,81-,82-/m1/s1. The van der Waals surface area contributed by atoms with Crippen molar-refractivity contribution in [2.75, 3.05) is 39.6 Å². The van der Waals surface area contributed by atoms with E-state index in [0.717, 1.165) is 102 Å². The van der Waals surface area contributed by atoms with Gasteiger partial charge < -0.3 is 33.8 Å². The molecule has 0 aromatic rings. The number of carbonyl (C=O) groups is 4. The molecule has 6 atom stereocenters. The molecule has 0 bridgehead atoms. The van der Waals surface area contributed by atoms with E-state index in [1.54, 1.807) is 0 Å². The Morgan fingerprint density at radius 3 is 0.724 bits per heavy atom. The minimum atomic E-state index is -4.97. The van der Waals surface area contributed by atoms with Gasteiger partial charge in [-0.2, -0.15) is 0 Å². The van der Waals surface area contributed by atoms with Crippen LogP contribution in [0.3, 0.4) is 0 Å². The topological polar surface area (TPSA) is 237 Å². The Labute approximate surface area is 645 Å². The zero-order valence-corrected chi connectivity index (χ0v) is 70.8. The third kappa shape index (κ3) is 78.5. The summed E-state index contributed by atoms with van der Waals surface area (Å²) in [4.78, 5) is 73.2. The second-order valence-corrected chi connectivity index (χ2v) is 34.6. The van der Waals surface area contributed by atoms with Crippen LogP contribution in [0.1, 0.15) is 459 Å². The van der Waals surface area contributed by atoms with Crippen molar-refractivity contribution < 1.29 is 80.2 Å². The summed E-state index contributed by atoms with van der Waals surface area (Å²) in [5.41, 5.74) is 0. The molecule has 17 nitrogen and oxygen atoms in total. The molecule has 0 saturated heterocycles. The Bertz CT molecular complexity index is 2010. The first-order chi connectivity index (χ1) is 50.9. The van der Waals surface area contributed by atoms with Crippen LogP contribution in [0.5, 0.6) is 0 Å². The molecule has 0 aromatic carbocycles. The first-order valence-electron chi connectivity index (χ1n) is 44.5. The van der Waals surface area contributed by atoms with Crippen molar-refractivity contribution in [1.82, 2.24) is 0 Å². The molecule has 624 valence electrons. The second kappa shape index (κ2) is 77.4. The average Bonchev–Trinajstić information content (AvgIpc) is 0.926. The van der Waals surface area contributed by atoms with E-state index in [1.807, 2.05) is 0 Å². The molecule has 3 N–H and O–H groups in total. The van der Waals surface area contributed by atoms with E-state index in [0.29, 0.717) is 31.6 Å². The molecule has 0 amide bonds. The predicted octanol–water partition coefficient (Wildman–Crippen LogP) is 26.2. The summed E-state index contributed by atoms with van der Waals surface area (Å²) >= 11 is 0. The molecule has 0 aliphatic carbocycles. The van der Waals surface area contributed by atoms with E-state index >= 15 is 0 Å². The Balaban J connectivity index is 5.21. The van der Waals surface area contributed by atoms with Crippen LogP contribution < -0.4 is 0 Å². The maximum Gasteiger partial charge on any atom is 0.472 e. The number of aliphatic hydroxyl groups is 1. The van der Waals surface area contributed by atoms with Crippen LogP contribution in [0.2, 0.25) is 0 Å². The number of phosphoric acid groups is 2. The number of hydrogen-bond donors (Lipinski definition) is 3. The van der Waals surface area contributed by atoms with Crippen LogP contribution >= 0.6 is 15.6 Å². The van der Waals surface area contributed by atoms with Gasteiger partial charge in [-0.05, 0) is 37.5 Å². The van der Waals surface area contributed by atoms with Crippen molar-refractivity contribution in [3.05, 3.63) is 0 Å². The number of aliphatic hydroxyl groups excluding tert-OH is 1. The van der Waals surface area contributed by atoms with E-state index in [1.165, 1.54) is 270 Å². The Kier molecular flexibility index (Phi) is 76.0. The summed E-state index contributed by atoms with van der Waals surface area (Å²) < 4.78 is 68.9. The Morgan fingerprint density at radius 1 is 0.276 bits per heavy atom. The lowest BCUT2D eigenvalue weighted by Crippen LogP contribution is -2.30. The largest absolute Gasteiger partial charge is 0.472 e. The number of rotatable bonds is 85. The SMILES string of the molecule is CCCCCCCCCCCCCCCCCCCCCCC(=O)O[C@H](COC(=O)CCCCCCCCCCCCCCCCC(C)CC)COP(=O)(O)OC[C@@H](O)COP(=O)(O)OC[C@@H](COC(=O)CCCCCCCCC(C)C)OC(=O)CCCCCCCCCCCCCCCCCCCC. The molecule has 0 radical (unpaired) electrons. The number of phosphoric ester groups is 2. The van der Waals surface area contributed by atoms with Crippen molar-refractivity contribution in [3.8, 4) is 0 Å². The van der Waals surface area contributed by atoms with Gasteiger partial charge >= 0.3 is 39.5 Å². The third-order valence-corrected chi connectivity index (χ3v) is 22.5. The van der Waals surface area contributed by atoms with Gasteiger partial charge in [0.1, 0.15) is 19.3 Å². The van der Waals surface area contributed by atoms with Gasteiger partial charge in [0.05, 0.1) is 26.4 Å². The van der Waals surface area contributed by atoms with E-state index in [2.05, 4.69) is 41.5 Å². The highest BCUT2D eigenvalue weighted by Gasteiger charge is 2.30. The van der Waals surface area contributed by atoms with Gasteiger partial charge in [0, 0.05) is 25.7 Å². The summed E-state index contributed by atoms with van der Waals surface area (Å²) in [7, 11) is -9.93. The van der Waals surface area contributed by atoms with Crippen molar-refractivity contribution in [1.29, 1.82) is 0 Å². The number of unbranched alkanes of at least 4 members (excludes halogenated alkanes) is 54. The van der Waals surface area contributed by atoms with Gasteiger partial charge in [0.25, 0.3) is 0 Å².